The Morgan fingerprint density at radius 2 is 2.19 bits per heavy atom. The summed E-state index contributed by atoms with van der Waals surface area (Å²) in [6, 6.07) is 4.39. The van der Waals surface area contributed by atoms with E-state index < -0.39 is 0 Å². The van der Waals surface area contributed by atoms with Gasteiger partial charge in [0.05, 0.1) is 0 Å². The zero-order valence-electron chi connectivity index (χ0n) is 12.9. The van der Waals surface area contributed by atoms with E-state index in [-0.39, 0.29) is 17.2 Å². The molecule has 1 unspecified atom stereocenters. The van der Waals surface area contributed by atoms with E-state index in [4.69, 9.17) is 0 Å². The third-order valence-corrected chi connectivity index (χ3v) is 6.51. The highest BCUT2D eigenvalue weighted by Crippen LogP contribution is 2.41. The second kappa shape index (κ2) is 6.49. The van der Waals surface area contributed by atoms with Crippen LogP contribution in [0.25, 0.3) is 0 Å². The monoisotopic (exact) mass is 306 g/mol. The molecule has 2 N–H and O–H groups in total. The van der Waals surface area contributed by atoms with Crippen molar-refractivity contribution in [3.63, 3.8) is 0 Å². The SMILES string of the molecule is CC(C(=O)NCC1(c2cccs2)CCCCC1)C1CNC1. The van der Waals surface area contributed by atoms with E-state index in [1.165, 1.54) is 37.0 Å². The fourth-order valence-corrected chi connectivity index (χ4v) is 4.60. The highest BCUT2D eigenvalue weighted by atomic mass is 32.1. The summed E-state index contributed by atoms with van der Waals surface area (Å²) in [5.41, 5.74) is 0.194. The number of hydrogen-bond donors (Lipinski definition) is 2. The predicted molar refractivity (Wildman–Crippen MR) is 87.6 cm³/mol. The van der Waals surface area contributed by atoms with E-state index in [0.29, 0.717) is 5.92 Å². The maximum Gasteiger partial charge on any atom is 0.223 e. The summed E-state index contributed by atoms with van der Waals surface area (Å²) < 4.78 is 0. The van der Waals surface area contributed by atoms with Crippen LogP contribution in [0.2, 0.25) is 0 Å². The molecule has 1 atom stereocenters. The summed E-state index contributed by atoms with van der Waals surface area (Å²) in [6.45, 7) is 4.87. The number of rotatable bonds is 5. The summed E-state index contributed by atoms with van der Waals surface area (Å²) in [6.07, 6.45) is 6.34. The number of amides is 1. The van der Waals surface area contributed by atoms with E-state index in [1.54, 1.807) is 0 Å². The summed E-state index contributed by atoms with van der Waals surface area (Å²) in [7, 11) is 0. The lowest BCUT2D eigenvalue weighted by Gasteiger charge is -2.38. The van der Waals surface area contributed by atoms with Gasteiger partial charge in [-0.2, -0.15) is 0 Å². The van der Waals surface area contributed by atoms with Crippen LogP contribution in [-0.2, 0) is 10.2 Å². The Balaban J connectivity index is 1.63. The Morgan fingerprint density at radius 3 is 2.76 bits per heavy atom. The fourth-order valence-electron chi connectivity index (χ4n) is 3.62. The molecule has 0 aromatic carbocycles. The molecular formula is C17H26N2OS. The first-order valence-corrected chi connectivity index (χ1v) is 9.12. The minimum Gasteiger partial charge on any atom is -0.355 e. The van der Waals surface area contributed by atoms with Crippen LogP contribution < -0.4 is 10.6 Å². The molecule has 116 valence electrons. The van der Waals surface area contributed by atoms with Crippen LogP contribution in [0.3, 0.4) is 0 Å². The Hall–Kier alpha value is -0.870. The van der Waals surface area contributed by atoms with Crippen molar-refractivity contribution in [2.45, 2.75) is 44.4 Å². The van der Waals surface area contributed by atoms with Gasteiger partial charge in [0.2, 0.25) is 5.91 Å². The molecule has 1 saturated heterocycles. The predicted octanol–water partition coefficient (Wildman–Crippen LogP) is 2.92. The van der Waals surface area contributed by atoms with E-state index in [0.717, 1.165) is 19.6 Å². The van der Waals surface area contributed by atoms with Gasteiger partial charge in [-0.05, 0) is 43.3 Å². The number of carbonyl (C=O) groups excluding carboxylic acids is 1. The molecule has 21 heavy (non-hydrogen) atoms. The van der Waals surface area contributed by atoms with Gasteiger partial charge < -0.3 is 10.6 Å². The maximum absolute atomic E-state index is 12.4. The number of carbonyl (C=O) groups is 1. The normalized spacial score (nSPS) is 23.3. The second-order valence-electron chi connectivity index (χ2n) is 6.74. The van der Waals surface area contributed by atoms with Gasteiger partial charge >= 0.3 is 0 Å². The van der Waals surface area contributed by atoms with Gasteiger partial charge in [0.25, 0.3) is 0 Å². The number of thiophene rings is 1. The zero-order valence-corrected chi connectivity index (χ0v) is 13.7. The van der Waals surface area contributed by atoms with Crippen molar-refractivity contribution in [3.8, 4) is 0 Å². The van der Waals surface area contributed by atoms with Crippen molar-refractivity contribution in [1.29, 1.82) is 0 Å². The zero-order chi connectivity index (χ0) is 14.7. The van der Waals surface area contributed by atoms with Gasteiger partial charge in [0.15, 0.2) is 0 Å². The van der Waals surface area contributed by atoms with Crippen molar-refractivity contribution >= 4 is 17.2 Å². The molecule has 1 saturated carbocycles. The highest BCUT2D eigenvalue weighted by Gasteiger charge is 2.36. The Kier molecular flexibility index (Phi) is 4.65. The third-order valence-electron chi connectivity index (χ3n) is 5.39. The first-order valence-electron chi connectivity index (χ1n) is 8.24. The van der Waals surface area contributed by atoms with Crippen molar-refractivity contribution in [1.82, 2.24) is 10.6 Å². The van der Waals surface area contributed by atoms with Crippen molar-refractivity contribution < 1.29 is 4.79 Å². The standard InChI is InChI=1S/C17H26N2OS/c1-13(14-10-18-11-14)16(20)19-12-17(7-3-2-4-8-17)15-6-5-9-21-15/h5-6,9,13-14,18H,2-4,7-8,10-12H2,1H3,(H,19,20). The van der Waals surface area contributed by atoms with E-state index in [9.17, 15) is 4.79 Å². The van der Waals surface area contributed by atoms with Crippen LogP contribution in [0.1, 0.15) is 43.9 Å². The molecule has 0 bridgehead atoms. The molecule has 1 amide bonds. The molecule has 0 radical (unpaired) electrons. The van der Waals surface area contributed by atoms with Gasteiger partial charge in [-0.25, -0.2) is 0 Å². The van der Waals surface area contributed by atoms with Crippen LogP contribution in [0.15, 0.2) is 17.5 Å². The Bertz CT molecular complexity index is 461. The van der Waals surface area contributed by atoms with Crippen LogP contribution in [0.4, 0.5) is 0 Å². The molecule has 1 aliphatic heterocycles. The van der Waals surface area contributed by atoms with Crippen molar-refractivity contribution in [3.05, 3.63) is 22.4 Å². The smallest absolute Gasteiger partial charge is 0.223 e. The van der Waals surface area contributed by atoms with Gasteiger partial charge in [-0.1, -0.05) is 32.3 Å². The first kappa shape index (κ1) is 15.0. The molecule has 1 aliphatic carbocycles. The summed E-state index contributed by atoms with van der Waals surface area (Å²) >= 11 is 1.85. The number of nitrogens with one attached hydrogen (secondary N) is 2. The van der Waals surface area contributed by atoms with Crippen LogP contribution in [-0.4, -0.2) is 25.5 Å². The molecule has 3 rings (SSSR count). The molecule has 1 aromatic heterocycles. The summed E-state index contributed by atoms with van der Waals surface area (Å²) in [5.74, 6) is 0.896. The minimum atomic E-state index is 0.134. The summed E-state index contributed by atoms with van der Waals surface area (Å²) in [5, 5.41) is 8.69. The van der Waals surface area contributed by atoms with E-state index in [1.807, 2.05) is 11.3 Å². The van der Waals surface area contributed by atoms with Gasteiger partial charge in [-0.15, -0.1) is 11.3 Å². The third kappa shape index (κ3) is 3.16. The van der Waals surface area contributed by atoms with Crippen LogP contribution in [0.5, 0.6) is 0 Å². The fraction of sp³-hybridized carbons (Fsp3) is 0.706. The first-order chi connectivity index (χ1) is 10.2. The molecule has 2 aliphatic rings. The van der Waals surface area contributed by atoms with E-state index >= 15 is 0 Å². The molecule has 3 nitrogen and oxygen atoms in total. The Labute approximate surface area is 131 Å². The molecular weight excluding hydrogens is 280 g/mol. The highest BCUT2D eigenvalue weighted by molar-refractivity contribution is 7.10. The van der Waals surface area contributed by atoms with E-state index in [2.05, 4.69) is 35.1 Å². The van der Waals surface area contributed by atoms with Gasteiger partial charge in [0.1, 0.15) is 0 Å². The average molecular weight is 306 g/mol. The van der Waals surface area contributed by atoms with Crippen LogP contribution >= 0.6 is 11.3 Å². The molecule has 1 aromatic rings. The molecule has 2 heterocycles. The molecule has 4 heteroatoms. The summed E-state index contributed by atoms with van der Waals surface area (Å²) in [4.78, 5) is 13.9. The lowest BCUT2D eigenvalue weighted by atomic mass is 9.73. The lowest BCUT2D eigenvalue weighted by Crippen LogP contribution is -2.51. The quantitative estimate of drug-likeness (QED) is 0.878. The minimum absolute atomic E-state index is 0.134. The lowest BCUT2D eigenvalue weighted by molar-refractivity contribution is -0.127. The van der Waals surface area contributed by atoms with Crippen molar-refractivity contribution in [2.75, 3.05) is 19.6 Å². The van der Waals surface area contributed by atoms with Gasteiger partial charge in [-0.3, -0.25) is 4.79 Å². The van der Waals surface area contributed by atoms with Gasteiger partial charge in [0, 0.05) is 22.8 Å². The largest absolute Gasteiger partial charge is 0.355 e. The topological polar surface area (TPSA) is 41.1 Å². The Morgan fingerprint density at radius 1 is 1.43 bits per heavy atom. The number of hydrogen-bond acceptors (Lipinski definition) is 3. The molecule has 2 fully saturated rings. The molecule has 0 spiro atoms. The van der Waals surface area contributed by atoms with Crippen LogP contribution in [0, 0.1) is 11.8 Å². The second-order valence-corrected chi connectivity index (χ2v) is 7.69. The average Bonchev–Trinajstić information content (AvgIpc) is 2.98. The maximum atomic E-state index is 12.4. The van der Waals surface area contributed by atoms with Crippen molar-refractivity contribution in [2.24, 2.45) is 11.8 Å².